The smallest absolute Gasteiger partial charge is 0.286 e. The minimum absolute atomic E-state index is 0.0583. The van der Waals surface area contributed by atoms with Crippen LogP contribution in [-0.4, -0.2) is 109 Å². The SMILES string of the molecule is COc1nn(C)cc1C(=O)NS1(=O)=NC(=O)c2ccc3c(c2)N(C[C@@H]2CC[C@H]2[C@@](CN2CC(OC)C2)(OC)/C=C/C[C@H](C)C1)C[C@@]1(CCCc2cc(Cl)ccc21)CO3. The Morgan fingerprint density at radius 3 is 2.69 bits per heavy atom. The van der Waals surface area contributed by atoms with Gasteiger partial charge in [0.05, 0.1) is 31.3 Å². The monoisotopic (exact) mass is 834 g/mol. The predicted molar refractivity (Wildman–Crippen MR) is 223 cm³/mol. The number of carbonyl (C=O) groups excluding carboxylic acids is 2. The van der Waals surface area contributed by atoms with E-state index >= 15 is 0 Å². The molecule has 8 rings (SSSR count). The zero-order valence-corrected chi connectivity index (χ0v) is 35.7. The summed E-state index contributed by atoms with van der Waals surface area (Å²) in [6.45, 7) is 6.25. The highest BCUT2D eigenvalue weighted by molar-refractivity contribution is 7.92. The molecule has 6 atom stereocenters. The highest BCUT2D eigenvalue weighted by Crippen LogP contribution is 2.49. The van der Waals surface area contributed by atoms with Crippen LogP contribution >= 0.6 is 11.6 Å². The number of allylic oxidation sites excluding steroid dienone is 1. The van der Waals surface area contributed by atoms with E-state index < -0.39 is 27.3 Å². The van der Waals surface area contributed by atoms with Crippen LogP contribution in [0.2, 0.25) is 5.02 Å². The number of methoxy groups -OCH3 is 3. The predicted octanol–water partition coefficient (Wildman–Crippen LogP) is 5.85. The quantitative estimate of drug-likeness (QED) is 0.289. The number of hydrogen-bond acceptors (Lipinski definition) is 10. The first-order valence-corrected chi connectivity index (χ1v) is 22.4. The van der Waals surface area contributed by atoms with Gasteiger partial charge < -0.3 is 23.8 Å². The fourth-order valence-corrected chi connectivity index (χ4v) is 12.0. The summed E-state index contributed by atoms with van der Waals surface area (Å²) in [7, 11) is 2.99. The number of nitrogens with one attached hydrogen (secondary N) is 1. The first-order valence-electron chi connectivity index (χ1n) is 20.3. The summed E-state index contributed by atoms with van der Waals surface area (Å²) >= 11 is 6.52. The van der Waals surface area contributed by atoms with E-state index in [0.717, 1.165) is 69.0 Å². The zero-order valence-electron chi connectivity index (χ0n) is 34.1. The number of benzene rings is 2. The summed E-state index contributed by atoms with van der Waals surface area (Å²) in [5.41, 5.74) is 2.78. The molecular formula is C43H55ClN6O7S. The van der Waals surface area contributed by atoms with Gasteiger partial charge in [0.1, 0.15) is 26.8 Å². The first kappa shape index (κ1) is 40.8. The Morgan fingerprint density at radius 2 is 1.95 bits per heavy atom. The number of nitrogens with zero attached hydrogens (tertiary/aromatic N) is 5. The van der Waals surface area contributed by atoms with Gasteiger partial charge in [-0.2, -0.15) is 0 Å². The number of amides is 2. The maximum absolute atomic E-state index is 14.9. The molecule has 13 nitrogen and oxygen atoms in total. The molecule has 58 heavy (non-hydrogen) atoms. The number of likely N-dealkylation sites (tertiary alicyclic amines) is 1. The van der Waals surface area contributed by atoms with Crippen molar-refractivity contribution in [1.29, 1.82) is 0 Å². The molecule has 3 aliphatic heterocycles. The van der Waals surface area contributed by atoms with Crippen LogP contribution < -0.4 is 19.1 Å². The minimum Gasteiger partial charge on any atom is -0.490 e. The van der Waals surface area contributed by atoms with E-state index in [0.29, 0.717) is 31.2 Å². The molecular weight excluding hydrogens is 780 g/mol. The topological polar surface area (TPSA) is 137 Å². The van der Waals surface area contributed by atoms with Gasteiger partial charge in [0.2, 0.25) is 5.88 Å². The van der Waals surface area contributed by atoms with Gasteiger partial charge in [-0.25, -0.2) is 4.21 Å². The largest absolute Gasteiger partial charge is 0.490 e. The summed E-state index contributed by atoms with van der Waals surface area (Å²) in [5.74, 6) is -0.373. The van der Waals surface area contributed by atoms with Gasteiger partial charge in [-0.1, -0.05) is 36.7 Å². The van der Waals surface area contributed by atoms with Crippen molar-refractivity contribution in [2.24, 2.45) is 29.2 Å². The molecule has 312 valence electrons. The number of ether oxygens (including phenoxy) is 4. The maximum Gasteiger partial charge on any atom is 0.286 e. The average Bonchev–Trinajstić information content (AvgIpc) is 3.49. The summed E-state index contributed by atoms with van der Waals surface area (Å²) in [6.07, 6.45) is 11.5. The molecule has 4 heterocycles. The normalized spacial score (nSPS) is 30.8. The average molecular weight is 835 g/mol. The lowest BCUT2D eigenvalue weighted by atomic mass is 9.63. The van der Waals surface area contributed by atoms with E-state index in [1.54, 1.807) is 20.2 Å². The van der Waals surface area contributed by atoms with Crippen molar-refractivity contribution in [2.75, 3.05) is 71.3 Å². The zero-order chi connectivity index (χ0) is 40.8. The summed E-state index contributed by atoms with van der Waals surface area (Å²) < 4.78 is 47.6. The third kappa shape index (κ3) is 7.90. The van der Waals surface area contributed by atoms with Gasteiger partial charge in [0.25, 0.3) is 11.8 Å². The molecule has 1 N–H and O–H groups in total. The third-order valence-corrected chi connectivity index (χ3v) is 15.3. The van der Waals surface area contributed by atoms with Crippen molar-refractivity contribution in [1.82, 2.24) is 19.4 Å². The van der Waals surface area contributed by atoms with Crippen molar-refractivity contribution in [3.8, 4) is 11.6 Å². The van der Waals surface area contributed by atoms with Gasteiger partial charge >= 0.3 is 0 Å². The van der Waals surface area contributed by atoms with Gasteiger partial charge in [-0.3, -0.25) is 23.9 Å². The third-order valence-electron chi connectivity index (χ3n) is 13.1. The van der Waals surface area contributed by atoms with Crippen LogP contribution in [0, 0.1) is 17.8 Å². The number of anilines is 1. The van der Waals surface area contributed by atoms with E-state index in [2.05, 4.69) is 48.3 Å². The molecule has 15 heteroatoms. The molecule has 0 radical (unpaired) electrons. The second-order valence-corrected chi connectivity index (χ2v) is 19.5. The number of hydrogen-bond donors (Lipinski definition) is 1. The molecule has 2 aromatic carbocycles. The lowest BCUT2D eigenvalue weighted by Gasteiger charge is -2.53. The first-order chi connectivity index (χ1) is 27.8. The molecule has 2 bridgehead atoms. The van der Waals surface area contributed by atoms with E-state index in [1.807, 2.05) is 32.2 Å². The van der Waals surface area contributed by atoms with Crippen LogP contribution in [0.1, 0.15) is 70.9 Å². The lowest BCUT2D eigenvalue weighted by Crippen LogP contribution is -2.61. The van der Waals surface area contributed by atoms with E-state index in [1.165, 1.54) is 29.1 Å². The van der Waals surface area contributed by atoms with Gasteiger partial charge in [-0.15, -0.1) is 9.46 Å². The number of aryl methyl sites for hydroxylation is 2. The Kier molecular flexibility index (Phi) is 11.4. The molecule has 3 aromatic rings. The van der Waals surface area contributed by atoms with Crippen LogP contribution in [0.25, 0.3) is 0 Å². The highest BCUT2D eigenvalue weighted by Gasteiger charge is 2.50. The van der Waals surface area contributed by atoms with Crippen LogP contribution in [0.4, 0.5) is 5.69 Å². The molecule has 1 saturated heterocycles. The Balaban J connectivity index is 1.22. The molecule has 5 aliphatic rings. The molecule has 1 unspecified atom stereocenters. The van der Waals surface area contributed by atoms with Crippen molar-refractivity contribution < 1.29 is 32.7 Å². The number of aromatic nitrogens is 2. The van der Waals surface area contributed by atoms with Crippen LogP contribution in [0.5, 0.6) is 11.6 Å². The molecule has 2 fully saturated rings. The van der Waals surface area contributed by atoms with Crippen molar-refractivity contribution >= 4 is 39.0 Å². The second kappa shape index (κ2) is 16.2. The van der Waals surface area contributed by atoms with Crippen molar-refractivity contribution in [2.45, 2.75) is 62.6 Å². The molecule has 2 aliphatic carbocycles. The summed E-state index contributed by atoms with van der Waals surface area (Å²) in [4.78, 5) is 32.7. The standard InChI is InChI=1S/C43H55ClN6O7S/c1-28-8-6-17-43(56-5,26-49-21-33(22-49)54-3)36-13-10-31(36)20-50-25-42(16-7-9-29-18-32(44)12-14-35(29)42)27-57-38-15-11-30(19-37(38)50)39(51)46-58(53,24-28)47-40(52)34-23-48(2)45-41(34)55-4/h6,11-12,14-15,17-19,23,28,31,33,36H,7-10,13,16,20-22,24-27H2,1-5H3,(H,46,47,51,52,53)/b17-6+/t28-,31-,36+,42-,43+,58?/m0/s1. The van der Waals surface area contributed by atoms with Crippen molar-refractivity contribution in [3.63, 3.8) is 0 Å². The van der Waals surface area contributed by atoms with Gasteiger partial charge in [0.15, 0.2) is 0 Å². The maximum atomic E-state index is 14.9. The van der Waals surface area contributed by atoms with E-state index in [4.69, 9.17) is 30.5 Å². The highest BCUT2D eigenvalue weighted by atomic mass is 35.5. The van der Waals surface area contributed by atoms with Gasteiger partial charge in [0, 0.05) is 76.2 Å². The van der Waals surface area contributed by atoms with Crippen molar-refractivity contribution in [3.05, 3.63) is 82.0 Å². The van der Waals surface area contributed by atoms with Crippen LogP contribution in [0.3, 0.4) is 0 Å². The Hall–Kier alpha value is -3.95. The van der Waals surface area contributed by atoms with Gasteiger partial charge in [-0.05, 0) is 97.7 Å². The van der Waals surface area contributed by atoms with Crippen LogP contribution in [0.15, 0.2) is 59.1 Å². The Labute approximate surface area is 346 Å². The summed E-state index contributed by atoms with van der Waals surface area (Å²) in [6, 6.07) is 11.6. The molecule has 2 amide bonds. The fourth-order valence-electron chi connectivity index (χ4n) is 9.91. The number of carbonyl (C=O) groups is 2. The summed E-state index contributed by atoms with van der Waals surface area (Å²) in [5, 5.41) is 4.91. The fraction of sp³-hybridized carbons (Fsp3) is 0.558. The second-order valence-electron chi connectivity index (χ2n) is 17.0. The number of rotatable bonds is 7. The number of halogens is 1. The number of fused-ring (bicyclic) bond motifs is 4. The van der Waals surface area contributed by atoms with Crippen LogP contribution in [-0.2, 0) is 38.3 Å². The molecule has 1 saturated carbocycles. The lowest BCUT2D eigenvalue weighted by molar-refractivity contribution is -0.120. The van der Waals surface area contributed by atoms with E-state index in [9.17, 15) is 13.8 Å². The van der Waals surface area contributed by atoms with E-state index in [-0.39, 0.29) is 46.1 Å². The molecule has 1 aromatic heterocycles. The molecule has 1 spiro atoms. The minimum atomic E-state index is -3.65. The Bertz CT molecular complexity index is 2220. The Morgan fingerprint density at radius 1 is 1.12 bits per heavy atom.